The van der Waals surface area contributed by atoms with Crippen molar-refractivity contribution in [2.24, 2.45) is 0 Å². The number of amides is 2. The van der Waals surface area contributed by atoms with Gasteiger partial charge in [0.2, 0.25) is 11.8 Å². The quantitative estimate of drug-likeness (QED) is 0.840. The molecule has 3 rings (SSSR count). The molecule has 3 heterocycles. The van der Waals surface area contributed by atoms with Gasteiger partial charge in [0.15, 0.2) is 0 Å². The molecule has 0 radical (unpaired) electrons. The highest BCUT2D eigenvalue weighted by atomic mass is 35.5. The van der Waals surface area contributed by atoms with Crippen molar-refractivity contribution in [3.63, 3.8) is 0 Å². The highest BCUT2D eigenvalue weighted by molar-refractivity contribution is 7.99. The lowest BCUT2D eigenvalue weighted by molar-refractivity contribution is -0.145. The Kier molecular flexibility index (Phi) is 6.41. The minimum atomic E-state index is -0.227. The fourth-order valence-electron chi connectivity index (χ4n) is 3.76. The molecule has 3 atom stereocenters. The highest BCUT2D eigenvalue weighted by Crippen LogP contribution is 2.32. The zero-order valence-electron chi connectivity index (χ0n) is 13.1. The highest BCUT2D eigenvalue weighted by Gasteiger charge is 2.44. The summed E-state index contributed by atoms with van der Waals surface area (Å²) in [5.74, 6) is 1.77. The number of rotatable bonds is 3. The van der Waals surface area contributed by atoms with E-state index in [2.05, 4.69) is 10.2 Å². The van der Waals surface area contributed by atoms with Gasteiger partial charge in [-0.3, -0.25) is 9.59 Å². The maximum atomic E-state index is 13.0. The molecule has 0 saturated carbocycles. The number of nitrogens with zero attached hydrogens (tertiary/aromatic N) is 2. The van der Waals surface area contributed by atoms with E-state index >= 15 is 0 Å². The number of nitrogens with one attached hydrogen (secondary N) is 1. The lowest BCUT2D eigenvalue weighted by Crippen LogP contribution is -2.53. The van der Waals surface area contributed by atoms with Gasteiger partial charge in [-0.15, -0.1) is 24.2 Å². The molecular weight excluding hydrogens is 322 g/mol. The summed E-state index contributed by atoms with van der Waals surface area (Å²) < 4.78 is 0. The molecule has 1 N–H and O–H groups in total. The van der Waals surface area contributed by atoms with E-state index in [1.54, 1.807) is 11.8 Å². The third kappa shape index (κ3) is 3.39. The van der Waals surface area contributed by atoms with Crippen LogP contribution in [0.5, 0.6) is 0 Å². The van der Waals surface area contributed by atoms with Gasteiger partial charge in [0, 0.05) is 30.8 Å². The van der Waals surface area contributed by atoms with Gasteiger partial charge in [0.1, 0.15) is 6.04 Å². The summed E-state index contributed by atoms with van der Waals surface area (Å²) >= 11 is 1.71. The van der Waals surface area contributed by atoms with E-state index in [4.69, 9.17) is 0 Å². The molecule has 3 aliphatic rings. The molecule has 7 heteroatoms. The smallest absolute Gasteiger partial charge is 0.246 e. The van der Waals surface area contributed by atoms with Gasteiger partial charge in [-0.05, 0) is 32.2 Å². The first-order valence-corrected chi connectivity index (χ1v) is 9.28. The summed E-state index contributed by atoms with van der Waals surface area (Å²) in [4.78, 5) is 29.2. The molecule has 0 aromatic rings. The minimum absolute atomic E-state index is 0. The second kappa shape index (κ2) is 7.88. The van der Waals surface area contributed by atoms with Gasteiger partial charge < -0.3 is 15.1 Å². The monoisotopic (exact) mass is 347 g/mol. The van der Waals surface area contributed by atoms with Crippen LogP contribution in [0.4, 0.5) is 0 Å². The van der Waals surface area contributed by atoms with Gasteiger partial charge >= 0.3 is 0 Å². The molecule has 22 heavy (non-hydrogen) atoms. The summed E-state index contributed by atoms with van der Waals surface area (Å²) in [6.45, 7) is 3.92. The first kappa shape index (κ1) is 17.9. The topological polar surface area (TPSA) is 52.7 Å². The molecule has 5 nitrogen and oxygen atoms in total. The maximum absolute atomic E-state index is 13.0. The Balaban J connectivity index is 0.00000176. The predicted octanol–water partition coefficient (Wildman–Crippen LogP) is 1.46. The third-order valence-electron chi connectivity index (χ3n) is 4.86. The van der Waals surface area contributed by atoms with Crippen molar-refractivity contribution in [3.05, 3.63) is 0 Å². The zero-order valence-corrected chi connectivity index (χ0v) is 14.8. The minimum Gasteiger partial charge on any atom is -0.334 e. The van der Waals surface area contributed by atoms with Crippen LogP contribution in [0.3, 0.4) is 0 Å². The van der Waals surface area contributed by atoms with E-state index < -0.39 is 0 Å². The predicted molar refractivity (Wildman–Crippen MR) is 91.3 cm³/mol. The van der Waals surface area contributed by atoms with Crippen LogP contribution in [-0.4, -0.2) is 64.5 Å². The van der Waals surface area contributed by atoms with Crippen LogP contribution < -0.4 is 5.32 Å². The SMILES string of the molecule is CCCC(=O)N1CSCC1C(=O)N1C2CCNCC1CC2.Cl. The average Bonchev–Trinajstić information content (AvgIpc) is 3.02. The van der Waals surface area contributed by atoms with Gasteiger partial charge in [0.25, 0.3) is 0 Å². The molecular formula is C15H26ClN3O2S. The van der Waals surface area contributed by atoms with Crippen LogP contribution in [0.2, 0.25) is 0 Å². The molecule has 126 valence electrons. The normalized spacial score (nSPS) is 30.9. The van der Waals surface area contributed by atoms with Gasteiger partial charge in [-0.2, -0.15) is 0 Å². The molecule has 2 bridgehead atoms. The van der Waals surface area contributed by atoms with E-state index in [1.165, 1.54) is 0 Å². The number of carbonyl (C=O) groups is 2. The van der Waals surface area contributed by atoms with Crippen molar-refractivity contribution >= 4 is 36.0 Å². The third-order valence-corrected chi connectivity index (χ3v) is 5.87. The fraction of sp³-hybridized carbons (Fsp3) is 0.867. The largest absolute Gasteiger partial charge is 0.334 e. The first-order valence-electron chi connectivity index (χ1n) is 8.12. The molecule has 3 fully saturated rings. The summed E-state index contributed by atoms with van der Waals surface area (Å²) in [6.07, 6.45) is 4.68. The number of halogens is 1. The molecule has 3 saturated heterocycles. The Morgan fingerprint density at radius 2 is 2.00 bits per heavy atom. The average molecular weight is 348 g/mol. The molecule has 2 amide bonds. The van der Waals surface area contributed by atoms with Crippen LogP contribution in [0.25, 0.3) is 0 Å². The molecule has 3 aliphatic heterocycles. The van der Waals surface area contributed by atoms with Gasteiger partial charge in [-0.1, -0.05) is 6.92 Å². The number of hydrogen-bond acceptors (Lipinski definition) is 4. The van der Waals surface area contributed by atoms with Crippen molar-refractivity contribution in [2.75, 3.05) is 24.7 Å². The van der Waals surface area contributed by atoms with Gasteiger partial charge in [-0.25, -0.2) is 0 Å². The fourth-order valence-corrected chi connectivity index (χ4v) is 4.94. The molecule has 3 unspecified atom stereocenters. The van der Waals surface area contributed by atoms with Crippen molar-refractivity contribution < 1.29 is 9.59 Å². The number of carbonyl (C=O) groups excluding carboxylic acids is 2. The standard InChI is InChI=1S/C15H25N3O2S.ClH/c1-2-3-14(19)17-10-21-9-13(17)15(20)18-11-4-5-12(18)8-16-7-6-11;/h11-13,16H,2-10H2,1H3;1H. The lowest BCUT2D eigenvalue weighted by Gasteiger charge is -2.33. The zero-order chi connectivity index (χ0) is 14.8. The van der Waals surface area contributed by atoms with E-state index in [0.717, 1.165) is 44.5 Å². The van der Waals surface area contributed by atoms with Crippen LogP contribution >= 0.6 is 24.2 Å². The Labute approximate surface area is 142 Å². The Hall–Kier alpha value is -0.460. The van der Waals surface area contributed by atoms with E-state index in [-0.39, 0.29) is 30.3 Å². The Bertz CT molecular complexity index is 410. The first-order chi connectivity index (χ1) is 10.2. The van der Waals surface area contributed by atoms with E-state index in [0.29, 0.717) is 24.4 Å². The second-order valence-electron chi connectivity index (χ2n) is 6.25. The number of hydrogen-bond donors (Lipinski definition) is 1. The van der Waals surface area contributed by atoms with Gasteiger partial charge in [0.05, 0.1) is 5.88 Å². The van der Waals surface area contributed by atoms with Crippen LogP contribution in [0.15, 0.2) is 0 Å². The number of fused-ring (bicyclic) bond motifs is 2. The Morgan fingerprint density at radius 3 is 2.77 bits per heavy atom. The Morgan fingerprint density at radius 1 is 1.23 bits per heavy atom. The number of thioether (sulfide) groups is 1. The van der Waals surface area contributed by atoms with Crippen molar-refractivity contribution in [1.82, 2.24) is 15.1 Å². The van der Waals surface area contributed by atoms with Crippen molar-refractivity contribution in [2.45, 2.75) is 57.2 Å². The molecule has 0 aromatic heterocycles. The van der Waals surface area contributed by atoms with E-state index in [9.17, 15) is 9.59 Å². The molecule has 0 spiro atoms. The van der Waals surface area contributed by atoms with E-state index in [1.807, 2.05) is 11.8 Å². The van der Waals surface area contributed by atoms with Crippen LogP contribution in [-0.2, 0) is 9.59 Å². The summed E-state index contributed by atoms with van der Waals surface area (Å²) in [5, 5.41) is 3.43. The van der Waals surface area contributed by atoms with Crippen molar-refractivity contribution in [3.8, 4) is 0 Å². The van der Waals surface area contributed by atoms with Crippen molar-refractivity contribution in [1.29, 1.82) is 0 Å². The summed E-state index contributed by atoms with van der Waals surface area (Å²) in [6, 6.07) is 0.486. The van der Waals surface area contributed by atoms with Crippen LogP contribution in [0, 0.1) is 0 Å². The van der Waals surface area contributed by atoms with Crippen LogP contribution in [0.1, 0.15) is 39.0 Å². The molecule has 0 aromatic carbocycles. The lowest BCUT2D eigenvalue weighted by atomic mass is 10.1. The second-order valence-corrected chi connectivity index (χ2v) is 7.25. The molecule has 0 aliphatic carbocycles. The maximum Gasteiger partial charge on any atom is 0.246 e. The summed E-state index contributed by atoms with van der Waals surface area (Å²) in [5.41, 5.74) is 0. The summed E-state index contributed by atoms with van der Waals surface area (Å²) in [7, 11) is 0.